The van der Waals surface area contributed by atoms with Crippen LogP contribution in [0.2, 0.25) is 5.02 Å². The van der Waals surface area contributed by atoms with Crippen LogP contribution in [0.1, 0.15) is 95.8 Å². The highest BCUT2D eigenvalue weighted by Gasteiger charge is 2.49. The zero-order chi connectivity index (χ0) is 32.4. The zero-order valence-electron chi connectivity index (χ0n) is 27.5. The molecule has 8 heteroatoms. The second-order valence-electron chi connectivity index (χ2n) is 14.9. The number of carbonyl (C=O) groups excluding carboxylic acids is 3. The Morgan fingerprint density at radius 2 is 1.62 bits per heavy atom. The lowest BCUT2D eigenvalue weighted by molar-refractivity contribution is -0.147. The fraction of sp³-hybridized carbons (Fsp3) is 0.595. The van der Waals surface area contributed by atoms with Gasteiger partial charge in [0.05, 0.1) is 16.9 Å². The van der Waals surface area contributed by atoms with Crippen molar-refractivity contribution in [2.75, 3.05) is 13.1 Å². The number of piperidine rings is 1. The molecule has 3 aliphatic rings. The summed E-state index contributed by atoms with van der Waals surface area (Å²) >= 11 is 6.16. The molecular weight excluding hydrogens is 584 g/mol. The molecule has 3 amide bonds. The van der Waals surface area contributed by atoms with Crippen LogP contribution in [0.5, 0.6) is 0 Å². The van der Waals surface area contributed by atoms with Crippen LogP contribution in [0.3, 0.4) is 0 Å². The van der Waals surface area contributed by atoms with Gasteiger partial charge in [0.2, 0.25) is 17.7 Å². The van der Waals surface area contributed by atoms with Crippen molar-refractivity contribution < 1.29 is 14.4 Å². The number of nitrogens with two attached hydrogens (primary N) is 1. The number of rotatable bonds is 7. The van der Waals surface area contributed by atoms with Crippen LogP contribution in [0, 0.1) is 17.3 Å². The molecule has 5 rings (SSSR count). The second-order valence-corrected chi connectivity index (χ2v) is 15.4. The standard InChI is InChI=1S/C37H51ClN4O3/c1-35(2,3)41-34(45)37(27-11-6-5-7-12-27)20-22-42(23-21-37)33(44)31(24-25-14-17-28(38)18-15-25)40-32(43)30-19-16-26-10-8-9-13-29(26)36(30,4)39/h8-10,13-15,17-18,27,30-31H,5-7,11-12,16,19-24,39H2,1-4H3,(H,40,43)(H,41,45)/t30-,31-,36-/m1/s1. The minimum Gasteiger partial charge on any atom is -0.351 e. The van der Waals surface area contributed by atoms with Crippen molar-refractivity contribution in [1.29, 1.82) is 0 Å². The summed E-state index contributed by atoms with van der Waals surface area (Å²) in [5, 5.41) is 7.05. The molecule has 2 aromatic carbocycles. The van der Waals surface area contributed by atoms with Gasteiger partial charge in [-0.1, -0.05) is 67.3 Å². The number of halogens is 1. The first-order chi connectivity index (χ1) is 21.3. The van der Waals surface area contributed by atoms with Crippen molar-refractivity contribution in [3.8, 4) is 0 Å². The van der Waals surface area contributed by atoms with E-state index in [1.807, 2.05) is 75.1 Å². The fourth-order valence-corrected chi connectivity index (χ4v) is 8.20. The molecule has 0 aromatic heterocycles. The van der Waals surface area contributed by atoms with E-state index in [-0.39, 0.29) is 23.3 Å². The van der Waals surface area contributed by atoms with Crippen LogP contribution in [0.25, 0.3) is 0 Å². The number of benzene rings is 2. The minimum absolute atomic E-state index is 0.110. The summed E-state index contributed by atoms with van der Waals surface area (Å²) in [5.41, 5.74) is 8.29. The van der Waals surface area contributed by atoms with E-state index in [2.05, 4.69) is 16.7 Å². The lowest BCUT2D eigenvalue weighted by Crippen LogP contribution is -2.60. The molecule has 0 bridgehead atoms. The first kappa shape index (κ1) is 33.5. The average Bonchev–Trinajstić information content (AvgIpc) is 3.01. The number of amides is 3. The normalized spacial score (nSPS) is 24.3. The molecule has 0 unspecified atom stereocenters. The largest absolute Gasteiger partial charge is 0.351 e. The van der Waals surface area contributed by atoms with Gasteiger partial charge in [0.15, 0.2) is 0 Å². The van der Waals surface area contributed by atoms with Gasteiger partial charge < -0.3 is 21.3 Å². The third-order valence-electron chi connectivity index (χ3n) is 10.6. The Morgan fingerprint density at radius 3 is 2.27 bits per heavy atom. The molecule has 0 radical (unpaired) electrons. The molecule has 1 heterocycles. The number of aryl methyl sites for hydroxylation is 1. The summed E-state index contributed by atoms with van der Waals surface area (Å²) in [5.74, 6) is -0.317. The van der Waals surface area contributed by atoms with Crippen LogP contribution in [-0.4, -0.2) is 47.3 Å². The quantitative estimate of drug-likeness (QED) is 0.352. The maximum Gasteiger partial charge on any atom is 0.245 e. The van der Waals surface area contributed by atoms with Crippen molar-refractivity contribution >= 4 is 29.3 Å². The van der Waals surface area contributed by atoms with E-state index in [0.717, 1.165) is 43.2 Å². The third kappa shape index (κ3) is 7.41. The Morgan fingerprint density at radius 1 is 0.978 bits per heavy atom. The van der Waals surface area contributed by atoms with Crippen LogP contribution in [0.4, 0.5) is 0 Å². The lowest BCUT2D eigenvalue weighted by atomic mass is 9.63. The van der Waals surface area contributed by atoms with Crippen molar-refractivity contribution in [1.82, 2.24) is 15.5 Å². The molecule has 244 valence electrons. The average molecular weight is 635 g/mol. The molecule has 1 aliphatic heterocycles. The monoisotopic (exact) mass is 634 g/mol. The number of nitrogens with one attached hydrogen (secondary N) is 2. The summed E-state index contributed by atoms with van der Waals surface area (Å²) in [4.78, 5) is 44.0. The highest BCUT2D eigenvalue weighted by molar-refractivity contribution is 6.30. The SMILES string of the molecule is CC(C)(C)NC(=O)C1(C2CCCCC2)CCN(C(=O)[C@@H](Cc2ccc(Cl)cc2)NC(=O)[C@H]2CCc3ccccc3[C@@]2(C)N)CC1. The number of fused-ring (bicyclic) bond motifs is 1. The Balaban J connectivity index is 1.35. The number of hydrogen-bond donors (Lipinski definition) is 3. The molecule has 4 N–H and O–H groups in total. The van der Waals surface area contributed by atoms with Crippen LogP contribution >= 0.6 is 11.6 Å². The Labute approximate surface area is 274 Å². The number of nitrogens with zero attached hydrogens (tertiary/aromatic N) is 1. The topological polar surface area (TPSA) is 105 Å². The minimum atomic E-state index is -0.849. The van der Waals surface area contributed by atoms with E-state index in [1.165, 1.54) is 12.0 Å². The fourth-order valence-electron chi connectivity index (χ4n) is 8.07. The van der Waals surface area contributed by atoms with Gasteiger partial charge in [0, 0.05) is 30.1 Å². The zero-order valence-corrected chi connectivity index (χ0v) is 28.2. The van der Waals surface area contributed by atoms with Gasteiger partial charge in [-0.2, -0.15) is 0 Å². The lowest BCUT2D eigenvalue weighted by Gasteiger charge is -2.48. The first-order valence-electron chi connectivity index (χ1n) is 16.8. The van der Waals surface area contributed by atoms with Crippen molar-refractivity contribution in [2.24, 2.45) is 23.0 Å². The highest BCUT2D eigenvalue weighted by Crippen LogP contribution is 2.46. The van der Waals surface area contributed by atoms with Crippen LogP contribution in [-0.2, 0) is 32.8 Å². The first-order valence-corrected chi connectivity index (χ1v) is 17.2. The highest BCUT2D eigenvalue weighted by atomic mass is 35.5. The predicted molar refractivity (Wildman–Crippen MR) is 180 cm³/mol. The predicted octanol–water partition coefficient (Wildman–Crippen LogP) is 5.91. The van der Waals surface area contributed by atoms with Gasteiger partial charge in [-0.05, 0) is 101 Å². The molecular formula is C37H51ClN4O3. The van der Waals surface area contributed by atoms with Crippen molar-refractivity contribution in [2.45, 2.75) is 109 Å². The molecule has 3 atom stereocenters. The van der Waals surface area contributed by atoms with E-state index < -0.39 is 22.9 Å². The Bertz CT molecular complexity index is 1370. The number of hydrogen-bond acceptors (Lipinski definition) is 4. The summed E-state index contributed by atoms with van der Waals surface area (Å²) < 4.78 is 0. The second kappa shape index (κ2) is 13.4. The summed E-state index contributed by atoms with van der Waals surface area (Å²) in [6.45, 7) is 8.98. The Hall–Kier alpha value is -2.90. The van der Waals surface area contributed by atoms with Gasteiger partial charge in [-0.3, -0.25) is 14.4 Å². The molecule has 2 aliphatic carbocycles. The maximum atomic E-state index is 14.3. The Kier molecular flexibility index (Phi) is 10.0. The third-order valence-corrected chi connectivity index (χ3v) is 10.9. The maximum absolute atomic E-state index is 14.3. The van der Waals surface area contributed by atoms with Crippen molar-refractivity contribution in [3.63, 3.8) is 0 Å². The van der Waals surface area contributed by atoms with E-state index in [1.54, 1.807) is 0 Å². The van der Waals surface area contributed by atoms with Gasteiger partial charge in [-0.15, -0.1) is 0 Å². The van der Waals surface area contributed by atoms with Crippen molar-refractivity contribution in [3.05, 3.63) is 70.2 Å². The van der Waals surface area contributed by atoms with E-state index in [9.17, 15) is 14.4 Å². The van der Waals surface area contributed by atoms with Crippen LogP contribution < -0.4 is 16.4 Å². The number of carbonyl (C=O) groups is 3. The van der Waals surface area contributed by atoms with Gasteiger partial charge in [-0.25, -0.2) is 0 Å². The molecule has 7 nitrogen and oxygen atoms in total. The van der Waals surface area contributed by atoms with E-state index in [0.29, 0.717) is 49.7 Å². The summed E-state index contributed by atoms with van der Waals surface area (Å²) in [6, 6.07) is 14.7. The number of likely N-dealkylation sites (tertiary alicyclic amines) is 1. The van der Waals surface area contributed by atoms with Gasteiger partial charge >= 0.3 is 0 Å². The van der Waals surface area contributed by atoms with Gasteiger partial charge in [0.25, 0.3) is 0 Å². The molecule has 1 saturated carbocycles. The smallest absolute Gasteiger partial charge is 0.245 e. The van der Waals surface area contributed by atoms with Gasteiger partial charge in [0.1, 0.15) is 6.04 Å². The molecule has 1 saturated heterocycles. The van der Waals surface area contributed by atoms with Crippen LogP contribution in [0.15, 0.2) is 48.5 Å². The van der Waals surface area contributed by atoms with E-state index >= 15 is 0 Å². The summed E-state index contributed by atoms with van der Waals surface area (Å²) in [7, 11) is 0. The summed E-state index contributed by atoms with van der Waals surface area (Å²) in [6.07, 6.45) is 8.64. The van der Waals surface area contributed by atoms with E-state index in [4.69, 9.17) is 17.3 Å². The molecule has 0 spiro atoms. The molecule has 2 fully saturated rings. The molecule has 45 heavy (non-hydrogen) atoms. The molecule has 2 aromatic rings.